The number of rotatable bonds is 3. The monoisotopic (exact) mass is 378 g/mol. The lowest BCUT2D eigenvalue weighted by molar-refractivity contribution is 0.472. The number of benzene rings is 2. The Labute approximate surface area is 154 Å². The van der Waals surface area contributed by atoms with Gasteiger partial charge < -0.3 is 10.2 Å². The maximum absolute atomic E-state index is 6.40. The van der Waals surface area contributed by atoms with E-state index in [0.29, 0.717) is 32.4 Å². The third-order valence-electron chi connectivity index (χ3n) is 4.34. The molecule has 6 heteroatoms. The van der Waals surface area contributed by atoms with Gasteiger partial charge >= 0.3 is 0 Å². The zero-order chi connectivity index (χ0) is 16.9. The first kappa shape index (κ1) is 15.8. The van der Waals surface area contributed by atoms with Crippen LogP contribution in [0, 0.1) is 0 Å². The molecule has 3 nitrogen and oxygen atoms in total. The first-order valence-corrected chi connectivity index (χ1v) is 8.60. The fourth-order valence-electron chi connectivity index (χ4n) is 2.99. The average Bonchev–Trinajstić information content (AvgIpc) is 3.15. The second-order valence-corrected chi connectivity index (χ2v) is 7.23. The van der Waals surface area contributed by atoms with Crippen molar-refractivity contribution in [2.75, 3.05) is 5.73 Å². The Balaban J connectivity index is 1.76. The second-order valence-electron chi connectivity index (χ2n) is 5.98. The zero-order valence-corrected chi connectivity index (χ0v) is 14.8. The third-order valence-corrected chi connectivity index (χ3v) is 5.18. The number of nitrogens with zero attached hydrogens (tertiary/aromatic N) is 1. The largest absolute Gasteiger partial charge is 0.440 e. The van der Waals surface area contributed by atoms with E-state index < -0.39 is 0 Å². The minimum atomic E-state index is -0.369. The van der Waals surface area contributed by atoms with E-state index in [2.05, 4.69) is 4.98 Å². The number of hydrogen-bond acceptors (Lipinski definition) is 3. The Morgan fingerprint density at radius 3 is 2.21 bits per heavy atom. The Morgan fingerprint density at radius 1 is 1.00 bits per heavy atom. The molecule has 0 amide bonds. The standard InChI is InChI=1S/C18H13Cl3N2O/c19-11-3-1-10(2-4-11)15-9-23-17(24-15)18(5-6-18)16-13(20)7-12(22)8-14(16)21/h1-4,7-9H,5-6,22H2. The van der Waals surface area contributed by atoms with E-state index in [4.69, 9.17) is 45.0 Å². The fraction of sp³-hybridized carbons (Fsp3) is 0.167. The van der Waals surface area contributed by atoms with Crippen molar-refractivity contribution >= 4 is 40.5 Å². The summed E-state index contributed by atoms with van der Waals surface area (Å²) in [6.07, 6.45) is 3.49. The molecule has 1 aliphatic carbocycles. The summed E-state index contributed by atoms with van der Waals surface area (Å²) in [5, 5.41) is 1.77. The molecule has 3 aromatic rings. The van der Waals surface area contributed by atoms with Crippen molar-refractivity contribution in [3.8, 4) is 11.3 Å². The van der Waals surface area contributed by atoms with E-state index in [0.717, 1.165) is 24.0 Å². The average molecular weight is 380 g/mol. The Hall–Kier alpha value is -1.68. The van der Waals surface area contributed by atoms with E-state index in [1.54, 1.807) is 18.3 Å². The number of halogens is 3. The van der Waals surface area contributed by atoms with Gasteiger partial charge in [-0.1, -0.05) is 34.8 Å². The highest BCUT2D eigenvalue weighted by Crippen LogP contribution is 2.57. The molecular formula is C18H13Cl3N2O. The van der Waals surface area contributed by atoms with Gasteiger partial charge in [0.25, 0.3) is 0 Å². The smallest absolute Gasteiger partial charge is 0.205 e. The molecule has 1 saturated carbocycles. The van der Waals surface area contributed by atoms with Crippen molar-refractivity contribution in [3.05, 3.63) is 69.1 Å². The van der Waals surface area contributed by atoms with Crippen LogP contribution < -0.4 is 5.73 Å². The molecule has 0 saturated heterocycles. The van der Waals surface area contributed by atoms with Gasteiger partial charge in [-0.2, -0.15) is 0 Å². The Morgan fingerprint density at radius 2 is 1.62 bits per heavy atom. The van der Waals surface area contributed by atoms with Gasteiger partial charge in [-0.05, 0) is 49.2 Å². The van der Waals surface area contributed by atoms with Crippen LogP contribution in [0.5, 0.6) is 0 Å². The van der Waals surface area contributed by atoms with Crippen molar-refractivity contribution < 1.29 is 4.42 Å². The molecule has 1 heterocycles. The molecule has 2 N–H and O–H groups in total. The summed E-state index contributed by atoms with van der Waals surface area (Å²) < 4.78 is 6.03. The van der Waals surface area contributed by atoms with Crippen molar-refractivity contribution in [2.24, 2.45) is 0 Å². The van der Waals surface area contributed by atoms with E-state index >= 15 is 0 Å². The van der Waals surface area contributed by atoms with Crippen LogP contribution in [0.1, 0.15) is 24.3 Å². The number of nitrogen functional groups attached to an aromatic ring is 1. The lowest BCUT2D eigenvalue weighted by Crippen LogP contribution is -2.11. The fourth-order valence-corrected chi connectivity index (χ4v) is 3.98. The van der Waals surface area contributed by atoms with Gasteiger partial charge in [0.2, 0.25) is 5.89 Å². The summed E-state index contributed by atoms with van der Waals surface area (Å²) >= 11 is 18.7. The van der Waals surface area contributed by atoms with E-state index in [9.17, 15) is 0 Å². The number of aromatic nitrogens is 1. The highest BCUT2D eigenvalue weighted by Gasteiger charge is 2.52. The first-order valence-electron chi connectivity index (χ1n) is 7.47. The molecule has 0 radical (unpaired) electrons. The lowest BCUT2D eigenvalue weighted by Gasteiger charge is -2.16. The summed E-state index contributed by atoms with van der Waals surface area (Å²) in [7, 11) is 0. The molecule has 2 aromatic carbocycles. The normalized spacial score (nSPS) is 15.5. The quantitative estimate of drug-likeness (QED) is 0.571. The van der Waals surface area contributed by atoms with Gasteiger partial charge in [-0.3, -0.25) is 0 Å². The molecule has 122 valence electrons. The molecule has 0 bridgehead atoms. The highest BCUT2D eigenvalue weighted by atomic mass is 35.5. The maximum Gasteiger partial charge on any atom is 0.205 e. The molecule has 0 atom stereocenters. The molecule has 4 rings (SSSR count). The Bertz CT molecular complexity index is 891. The number of oxazole rings is 1. The van der Waals surface area contributed by atoms with Crippen molar-refractivity contribution in [2.45, 2.75) is 18.3 Å². The predicted molar refractivity (Wildman–Crippen MR) is 97.8 cm³/mol. The van der Waals surface area contributed by atoms with Gasteiger partial charge in [0.1, 0.15) is 0 Å². The summed E-state index contributed by atoms with van der Waals surface area (Å²) in [4.78, 5) is 4.48. The molecular weight excluding hydrogens is 367 g/mol. The van der Waals surface area contributed by atoms with Crippen LogP contribution in [0.4, 0.5) is 5.69 Å². The number of hydrogen-bond donors (Lipinski definition) is 1. The van der Waals surface area contributed by atoms with Gasteiger partial charge in [-0.15, -0.1) is 0 Å². The maximum atomic E-state index is 6.40. The van der Waals surface area contributed by atoms with Gasteiger partial charge in [0.05, 0.1) is 11.6 Å². The lowest BCUT2D eigenvalue weighted by atomic mass is 9.95. The van der Waals surface area contributed by atoms with E-state index in [-0.39, 0.29) is 5.41 Å². The first-order chi connectivity index (χ1) is 11.5. The molecule has 1 fully saturated rings. The summed E-state index contributed by atoms with van der Waals surface area (Å²) in [5.41, 5.74) is 7.73. The van der Waals surface area contributed by atoms with Crippen LogP contribution in [-0.4, -0.2) is 4.98 Å². The summed E-state index contributed by atoms with van der Waals surface area (Å²) in [5.74, 6) is 1.32. The molecule has 0 aliphatic heterocycles. The molecule has 0 unspecified atom stereocenters. The zero-order valence-electron chi connectivity index (χ0n) is 12.5. The van der Waals surface area contributed by atoms with E-state index in [1.807, 2.05) is 24.3 Å². The molecule has 0 spiro atoms. The SMILES string of the molecule is Nc1cc(Cl)c(C2(c3ncc(-c4ccc(Cl)cc4)o3)CC2)c(Cl)c1. The van der Waals surface area contributed by atoms with Crippen LogP contribution in [-0.2, 0) is 5.41 Å². The Kier molecular flexibility index (Phi) is 3.75. The van der Waals surface area contributed by atoms with Crippen LogP contribution in [0.25, 0.3) is 11.3 Å². The number of anilines is 1. The van der Waals surface area contributed by atoms with Gasteiger partial charge in [-0.25, -0.2) is 4.98 Å². The highest BCUT2D eigenvalue weighted by molar-refractivity contribution is 6.36. The minimum Gasteiger partial charge on any atom is -0.440 e. The van der Waals surface area contributed by atoms with Crippen LogP contribution in [0.15, 0.2) is 47.0 Å². The third kappa shape index (κ3) is 2.57. The van der Waals surface area contributed by atoms with Crippen LogP contribution in [0.3, 0.4) is 0 Å². The predicted octanol–water partition coefficient (Wildman–Crippen LogP) is 5.96. The second kappa shape index (κ2) is 5.69. The van der Waals surface area contributed by atoms with E-state index in [1.165, 1.54) is 0 Å². The number of nitrogens with two attached hydrogens (primary N) is 1. The molecule has 24 heavy (non-hydrogen) atoms. The van der Waals surface area contributed by atoms with Crippen molar-refractivity contribution in [1.82, 2.24) is 4.98 Å². The summed E-state index contributed by atoms with van der Waals surface area (Å²) in [6, 6.07) is 10.9. The summed E-state index contributed by atoms with van der Waals surface area (Å²) in [6.45, 7) is 0. The minimum absolute atomic E-state index is 0.369. The van der Waals surface area contributed by atoms with Crippen molar-refractivity contribution in [1.29, 1.82) is 0 Å². The van der Waals surface area contributed by atoms with Crippen LogP contribution >= 0.6 is 34.8 Å². The molecule has 1 aliphatic rings. The topological polar surface area (TPSA) is 52.0 Å². The molecule has 1 aromatic heterocycles. The van der Waals surface area contributed by atoms with Crippen LogP contribution in [0.2, 0.25) is 15.1 Å². The van der Waals surface area contributed by atoms with Crippen molar-refractivity contribution in [3.63, 3.8) is 0 Å². The van der Waals surface area contributed by atoms with Gasteiger partial charge in [0, 0.05) is 31.9 Å². The van der Waals surface area contributed by atoms with Gasteiger partial charge in [0.15, 0.2) is 5.76 Å².